The predicted molar refractivity (Wildman–Crippen MR) is 139 cm³/mol. The van der Waals surface area contributed by atoms with Gasteiger partial charge in [-0.15, -0.1) is 0 Å². The van der Waals surface area contributed by atoms with Crippen LogP contribution in [0.5, 0.6) is 11.5 Å². The summed E-state index contributed by atoms with van der Waals surface area (Å²) < 4.78 is 22.2. The van der Waals surface area contributed by atoms with E-state index in [0.29, 0.717) is 49.0 Å². The van der Waals surface area contributed by atoms with E-state index in [9.17, 15) is 9.59 Å². The molecule has 4 rings (SSSR count). The fourth-order valence-electron chi connectivity index (χ4n) is 4.00. The number of anilines is 2. The number of rotatable bonds is 9. The molecule has 0 atom stereocenters. The number of para-hydroxylation sites is 2. The maximum absolute atomic E-state index is 12.6. The molecule has 2 amide bonds. The lowest BCUT2D eigenvalue weighted by Gasteiger charge is -2.31. The average Bonchev–Trinajstić information content (AvgIpc) is 3.44. The van der Waals surface area contributed by atoms with Gasteiger partial charge in [-0.1, -0.05) is 12.1 Å². The van der Waals surface area contributed by atoms with Crippen LogP contribution in [0.15, 0.2) is 59.5 Å². The van der Waals surface area contributed by atoms with Crippen molar-refractivity contribution in [1.29, 1.82) is 0 Å². The van der Waals surface area contributed by atoms with E-state index in [2.05, 4.69) is 20.5 Å². The molecule has 3 aromatic rings. The first kappa shape index (κ1) is 26.0. The number of benzene rings is 2. The fourth-order valence-corrected chi connectivity index (χ4v) is 4.00. The monoisotopic (exact) mass is 508 g/mol. The first-order chi connectivity index (χ1) is 17.9. The minimum Gasteiger partial charge on any atom is -0.496 e. The molecule has 1 aliphatic rings. The molecule has 10 heteroatoms. The summed E-state index contributed by atoms with van der Waals surface area (Å²) in [5.74, 6) is 0.277. The van der Waals surface area contributed by atoms with Crippen molar-refractivity contribution < 1.29 is 28.2 Å². The minimum atomic E-state index is -0.777. The average molecular weight is 509 g/mol. The third kappa shape index (κ3) is 6.79. The molecule has 37 heavy (non-hydrogen) atoms. The Hall–Kier alpha value is -4.05. The van der Waals surface area contributed by atoms with Crippen molar-refractivity contribution >= 4 is 23.2 Å². The van der Waals surface area contributed by atoms with Crippen LogP contribution in [0.4, 0.5) is 11.4 Å². The molecule has 1 fully saturated rings. The smallest absolute Gasteiger partial charge is 0.313 e. The number of carbonyl (C=O) groups is 2. The Morgan fingerprint density at radius 2 is 1.86 bits per heavy atom. The summed E-state index contributed by atoms with van der Waals surface area (Å²) in [5, 5.41) is 5.40. The maximum atomic E-state index is 12.6. The molecule has 2 aromatic carbocycles. The lowest BCUT2D eigenvalue weighted by atomic mass is 10.0. The van der Waals surface area contributed by atoms with E-state index in [1.54, 1.807) is 24.4 Å². The highest BCUT2D eigenvalue weighted by Crippen LogP contribution is 2.32. The topological polar surface area (TPSA) is 115 Å². The maximum Gasteiger partial charge on any atom is 0.313 e. The minimum absolute atomic E-state index is 0.372. The van der Waals surface area contributed by atoms with Gasteiger partial charge in [0.15, 0.2) is 12.2 Å². The van der Waals surface area contributed by atoms with Crippen molar-refractivity contribution in [2.75, 3.05) is 50.2 Å². The van der Waals surface area contributed by atoms with Crippen molar-refractivity contribution in [3.05, 3.63) is 55.1 Å². The molecule has 0 bridgehead atoms. The highest BCUT2D eigenvalue weighted by molar-refractivity contribution is 6.39. The van der Waals surface area contributed by atoms with Crippen LogP contribution < -0.4 is 25.0 Å². The van der Waals surface area contributed by atoms with Crippen molar-refractivity contribution in [3.8, 4) is 22.8 Å². The molecule has 10 nitrogen and oxygen atoms in total. The quantitative estimate of drug-likeness (QED) is 0.422. The van der Waals surface area contributed by atoms with Crippen molar-refractivity contribution in [2.45, 2.75) is 25.8 Å². The van der Waals surface area contributed by atoms with E-state index in [4.69, 9.17) is 18.6 Å². The van der Waals surface area contributed by atoms with Crippen LogP contribution in [-0.2, 0) is 14.3 Å². The van der Waals surface area contributed by atoms with E-state index < -0.39 is 17.4 Å². The van der Waals surface area contributed by atoms with Crippen LogP contribution in [0.3, 0.4) is 0 Å². The summed E-state index contributed by atoms with van der Waals surface area (Å²) in [6, 6.07) is 12.9. The van der Waals surface area contributed by atoms with Gasteiger partial charge in [0, 0.05) is 36.8 Å². The molecule has 2 heterocycles. The number of nitrogens with zero attached hydrogens (tertiary/aromatic N) is 2. The molecule has 196 valence electrons. The number of ether oxygens (including phenoxy) is 3. The van der Waals surface area contributed by atoms with Crippen molar-refractivity contribution in [2.24, 2.45) is 0 Å². The van der Waals surface area contributed by atoms with Crippen LogP contribution in [0, 0.1) is 0 Å². The Labute approximate surface area is 215 Å². The number of hydrogen-bond donors (Lipinski definition) is 2. The number of amides is 2. The Bertz CT molecular complexity index is 1210. The van der Waals surface area contributed by atoms with Crippen LogP contribution in [-0.4, -0.2) is 62.4 Å². The molecule has 0 radical (unpaired) electrons. The second kappa shape index (κ2) is 11.8. The number of carbonyl (C=O) groups excluding carboxylic acids is 2. The van der Waals surface area contributed by atoms with Gasteiger partial charge in [0.25, 0.3) is 0 Å². The van der Waals surface area contributed by atoms with E-state index in [-0.39, 0.29) is 0 Å². The Kier molecular flexibility index (Phi) is 8.29. The van der Waals surface area contributed by atoms with Crippen LogP contribution in [0.25, 0.3) is 11.3 Å². The standard InChI is InChI=1S/C27H32N4O6/c1-27(2,10-13-36-22-7-5-4-6-21(22)31-11-14-35-15-12-31)30-26(33)25(32)29-19-8-9-20(23(16-19)34-3)24-17-28-18-37-24/h4-9,16-18H,10-15H2,1-3H3,(H,29,32)(H,30,33). The lowest BCUT2D eigenvalue weighted by Crippen LogP contribution is -2.48. The Balaban J connectivity index is 1.30. The molecular weight excluding hydrogens is 476 g/mol. The molecule has 0 spiro atoms. The van der Waals surface area contributed by atoms with Gasteiger partial charge in [0.05, 0.1) is 44.4 Å². The van der Waals surface area contributed by atoms with Crippen molar-refractivity contribution in [1.82, 2.24) is 10.3 Å². The first-order valence-electron chi connectivity index (χ1n) is 12.1. The normalized spacial score (nSPS) is 13.6. The summed E-state index contributed by atoms with van der Waals surface area (Å²) >= 11 is 0. The van der Waals surface area contributed by atoms with Gasteiger partial charge in [0.1, 0.15) is 11.5 Å². The zero-order chi connectivity index (χ0) is 26.3. The first-order valence-corrected chi connectivity index (χ1v) is 12.1. The number of oxazole rings is 1. The molecular formula is C27H32N4O6. The molecule has 2 N–H and O–H groups in total. The molecule has 0 unspecified atom stereocenters. The van der Waals surface area contributed by atoms with Crippen LogP contribution in [0.1, 0.15) is 20.3 Å². The van der Waals surface area contributed by atoms with Gasteiger partial charge < -0.3 is 34.2 Å². The highest BCUT2D eigenvalue weighted by atomic mass is 16.5. The fraction of sp³-hybridized carbons (Fsp3) is 0.370. The molecule has 0 aliphatic carbocycles. The number of aromatic nitrogens is 1. The highest BCUT2D eigenvalue weighted by Gasteiger charge is 2.25. The van der Waals surface area contributed by atoms with Crippen LogP contribution in [0.2, 0.25) is 0 Å². The number of morpholine rings is 1. The predicted octanol–water partition coefficient (Wildman–Crippen LogP) is 3.49. The summed E-state index contributed by atoms with van der Waals surface area (Å²) in [5.41, 5.74) is 1.45. The third-order valence-corrected chi connectivity index (χ3v) is 6.02. The SMILES string of the molecule is COc1cc(NC(=O)C(=O)NC(C)(C)CCOc2ccccc2N2CCOCC2)ccc1-c1cnco1. The van der Waals surface area contributed by atoms with Gasteiger partial charge in [-0.3, -0.25) is 9.59 Å². The molecule has 1 aliphatic heterocycles. The summed E-state index contributed by atoms with van der Waals surface area (Å²) in [7, 11) is 1.51. The zero-order valence-electron chi connectivity index (χ0n) is 21.3. The van der Waals surface area contributed by atoms with Gasteiger partial charge in [-0.05, 0) is 38.1 Å². The zero-order valence-corrected chi connectivity index (χ0v) is 21.3. The number of hydrogen-bond acceptors (Lipinski definition) is 8. The van der Waals surface area contributed by atoms with Gasteiger partial charge in [-0.25, -0.2) is 4.98 Å². The second-order valence-corrected chi connectivity index (χ2v) is 9.24. The Morgan fingerprint density at radius 3 is 2.59 bits per heavy atom. The van der Waals surface area contributed by atoms with E-state index in [1.165, 1.54) is 13.5 Å². The van der Waals surface area contributed by atoms with Gasteiger partial charge >= 0.3 is 11.8 Å². The third-order valence-electron chi connectivity index (χ3n) is 6.02. The largest absolute Gasteiger partial charge is 0.496 e. The van der Waals surface area contributed by atoms with Crippen LogP contribution >= 0.6 is 0 Å². The summed E-state index contributed by atoms with van der Waals surface area (Å²) in [6.07, 6.45) is 3.39. The summed E-state index contributed by atoms with van der Waals surface area (Å²) in [4.78, 5) is 31.4. The van der Waals surface area contributed by atoms with Gasteiger partial charge in [-0.2, -0.15) is 0 Å². The molecule has 1 aromatic heterocycles. The van der Waals surface area contributed by atoms with Crippen molar-refractivity contribution in [3.63, 3.8) is 0 Å². The number of methoxy groups -OCH3 is 1. The van der Waals surface area contributed by atoms with E-state index >= 15 is 0 Å². The number of nitrogens with one attached hydrogen (secondary N) is 2. The van der Waals surface area contributed by atoms with Gasteiger partial charge in [0.2, 0.25) is 0 Å². The lowest BCUT2D eigenvalue weighted by molar-refractivity contribution is -0.137. The Morgan fingerprint density at radius 1 is 1.08 bits per heavy atom. The summed E-state index contributed by atoms with van der Waals surface area (Å²) in [6.45, 7) is 7.07. The second-order valence-electron chi connectivity index (χ2n) is 9.24. The van der Waals surface area contributed by atoms with E-state index in [0.717, 1.165) is 24.5 Å². The molecule has 1 saturated heterocycles. The molecule has 0 saturated carbocycles. The van der Waals surface area contributed by atoms with E-state index in [1.807, 2.05) is 38.1 Å².